The number of benzene rings is 2. The standard InChI is InChI=1S/C16H14N4O3S/c1-11(21)19-12-2-5-14(6-3-12)24(22,23)20-13-4-7-15-16(10-13)18-9-8-17-15/h2-10,20H,1H3,(H,19,21). The molecule has 8 heteroatoms. The minimum absolute atomic E-state index is 0.0934. The zero-order chi connectivity index (χ0) is 17.2. The lowest BCUT2D eigenvalue weighted by Gasteiger charge is -2.09. The molecule has 0 aliphatic rings. The third-order valence-corrected chi connectivity index (χ3v) is 4.60. The van der Waals surface area contributed by atoms with Crippen molar-refractivity contribution in [2.75, 3.05) is 10.0 Å². The van der Waals surface area contributed by atoms with Crippen molar-refractivity contribution in [3.05, 3.63) is 54.9 Å². The first-order valence-electron chi connectivity index (χ1n) is 7.05. The van der Waals surface area contributed by atoms with Crippen LogP contribution in [0.4, 0.5) is 11.4 Å². The molecule has 2 aromatic carbocycles. The molecule has 0 fully saturated rings. The molecule has 0 spiro atoms. The van der Waals surface area contributed by atoms with Crippen LogP contribution in [0.15, 0.2) is 59.8 Å². The van der Waals surface area contributed by atoms with Gasteiger partial charge in [0.25, 0.3) is 10.0 Å². The Kier molecular flexibility index (Phi) is 4.13. The fourth-order valence-electron chi connectivity index (χ4n) is 2.16. The molecular weight excluding hydrogens is 328 g/mol. The average molecular weight is 342 g/mol. The molecule has 0 saturated carbocycles. The van der Waals surface area contributed by atoms with Crippen LogP contribution < -0.4 is 10.0 Å². The summed E-state index contributed by atoms with van der Waals surface area (Å²) in [6.45, 7) is 1.38. The summed E-state index contributed by atoms with van der Waals surface area (Å²) in [6.07, 6.45) is 3.12. The number of carbonyl (C=O) groups excluding carboxylic acids is 1. The van der Waals surface area contributed by atoms with Crippen LogP contribution in [0.2, 0.25) is 0 Å². The highest BCUT2D eigenvalue weighted by molar-refractivity contribution is 7.92. The average Bonchev–Trinajstić information content (AvgIpc) is 2.54. The van der Waals surface area contributed by atoms with Crippen molar-refractivity contribution in [3.8, 4) is 0 Å². The van der Waals surface area contributed by atoms with E-state index in [0.29, 0.717) is 22.4 Å². The number of carbonyl (C=O) groups is 1. The Morgan fingerprint density at radius 3 is 2.21 bits per heavy atom. The second kappa shape index (κ2) is 6.25. The summed E-state index contributed by atoms with van der Waals surface area (Å²) in [5, 5.41) is 2.58. The second-order valence-corrected chi connectivity index (χ2v) is 6.75. The van der Waals surface area contributed by atoms with Crippen LogP contribution in [0.25, 0.3) is 11.0 Å². The van der Waals surface area contributed by atoms with E-state index in [1.54, 1.807) is 30.6 Å². The Balaban J connectivity index is 1.85. The van der Waals surface area contributed by atoms with E-state index in [1.807, 2.05) is 0 Å². The highest BCUT2D eigenvalue weighted by Gasteiger charge is 2.14. The number of aromatic nitrogens is 2. The molecule has 0 bridgehead atoms. The molecule has 1 aromatic heterocycles. The van der Waals surface area contributed by atoms with E-state index in [-0.39, 0.29) is 10.8 Å². The number of nitrogens with zero attached hydrogens (tertiary/aromatic N) is 2. The van der Waals surface area contributed by atoms with Crippen molar-refractivity contribution < 1.29 is 13.2 Å². The van der Waals surface area contributed by atoms with Crippen molar-refractivity contribution in [2.45, 2.75) is 11.8 Å². The van der Waals surface area contributed by atoms with Crippen molar-refractivity contribution in [1.29, 1.82) is 0 Å². The molecule has 0 radical (unpaired) electrons. The lowest BCUT2D eigenvalue weighted by Crippen LogP contribution is -2.13. The molecule has 7 nitrogen and oxygen atoms in total. The van der Waals surface area contributed by atoms with Gasteiger partial charge in [0.05, 0.1) is 21.6 Å². The van der Waals surface area contributed by atoms with Crippen LogP contribution in [-0.2, 0) is 14.8 Å². The number of amides is 1. The third-order valence-electron chi connectivity index (χ3n) is 3.21. The summed E-state index contributed by atoms with van der Waals surface area (Å²) in [6, 6.07) is 10.8. The Bertz CT molecular complexity index is 1000. The van der Waals surface area contributed by atoms with E-state index in [1.165, 1.54) is 31.2 Å². The largest absolute Gasteiger partial charge is 0.326 e. The van der Waals surface area contributed by atoms with Gasteiger partial charge in [0, 0.05) is 25.0 Å². The van der Waals surface area contributed by atoms with Gasteiger partial charge in [-0.15, -0.1) is 0 Å². The predicted molar refractivity (Wildman–Crippen MR) is 91.1 cm³/mol. The summed E-state index contributed by atoms with van der Waals surface area (Å²) >= 11 is 0. The Morgan fingerprint density at radius 1 is 0.917 bits per heavy atom. The molecule has 3 rings (SSSR count). The fourth-order valence-corrected chi connectivity index (χ4v) is 3.21. The Hall–Kier alpha value is -3.00. The van der Waals surface area contributed by atoms with Gasteiger partial charge in [-0.2, -0.15) is 0 Å². The predicted octanol–water partition coefficient (Wildman–Crippen LogP) is 2.39. The van der Waals surface area contributed by atoms with E-state index >= 15 is 0 Å². The maximum absolute atomic E-state index is 12.4. The molecule has 0 aliphatic heterocycles. The van der Waals surface area contributed by atoms with E-state index in [0.717, 1.165) is 0 Å². The molecule has 1 amide bonds. The number of nitrogens with one attached hydrogen (secondary N) is 2. The van der Waals surface area contributed by atoms with Crippen LogP contribution in [0.3, 0.4) is 0 Å². The SMILES string of the molecule is CC(=O)Nc1ccc(S(=O)(=O)Nc2ccc3nccnc3c2)cc1. The maximum atomic E-state index is 12.4. The van der Waals surface area contributed by atoms with E-state index in [9.17, 15) is 13.2 Å². The minimum atomic E-state index is -3.74. The van der Waals surface area contributed by atoms with Crippen molar-refractivity contribution >= 4 is 38.3 Å². The van der Waals surface area contributed by atoms with Crippen molar-refractivity contribution in [2.24, 2.45) is 0 Å². The molecule has 122 valence electrons. The molecule has 0 unspecified atom stereocenters. The topological polar surface area (TPSA) is 101 Å². The van der Waals surface area contributed by atoms with E-state index in [4.69, 9.17) is 0 Å². The van der Waals surface area contributed by atoms with Crippen molar-refractivity contribution in [1.82, 2.24) is 9.97 Å². The molecule has 0 aliphatic carbocycles. The number of fused-ring (bicyclic) bond motifs is 1. The number of hydrogen-bond donors (Lipinski definition) is 2. The molecule has 24 heavy (non-hydrogen) atoms. The van der Waals surface area contributed by atoms with Gasteiger partial charge in [0.2, 0.25) is 5.91 Å². The van der Waals surface area contributed by atoms with Crippen LogP contribution in [0.1, 0.15) is 6.92 Å². The normalized spacial score (nSPS) is 11.2. The summed E-state index contributed by atoms with van der Waals surface area (Å²) < 4.78 is 27.4. The number of hydrogen-bond acceptors (Lipinski definition) is 5. The van der Waals surface area contributed by atoms with Crippen molar-refractivity contribution in [3.63, 3.8) is 0 Å². The first-order chi connectivity index (χ1) is 11.4. The Labute approximate surface area is 138 Å². The lowest BCUT2D eigenvalue weighted by molar-refractivity contribution is -0.114. The first kappa shape index (κ1) is 15.9. The summed E-state index contributed by atoms with van der Waals surface area (Å²) in [7, 11) is -3.74. The van der Waals surface area contributed by atoms with Gasteiger partial charge in [-0.25, -0.2) is 8.42 Å². The van der Waals surface area contributed by atoms with Gasteiger partial charge in [-0.05, 0) is 42.5 Å². The number of sulfonamides is 1. The van der Waals surface area contributed by atoms with Crippen LogP contribution >= 0.6 is 0 Å². The van der Waals surface area contributed by atoms with Crippen LogP contribution in [0, 0.1) is 0 Å². The smallest absolute Gasteiger partial charge is 0.261 e. The molecule has 2 N–H and O–H groups in total. The molecule has 1 heterocycles. The fraction of sp³-hybridized carbons (Fsp3) is 0.0625. The quantitative estimate of drug-likeness (QED) is 0.758. The summed E-state index contributed by atoms with van der Waals surface area (Å²) in [5.74, 6) is -0.221. The monoisotopic (exact) mass is 342 g/mol. The first-order valence-corrected chi connectivity index (χ1v) is 8.54. The van der Waals surface area contributed by atoms with Gasteiger partial charge in [0.15, 0.2) is 0 Å². The zero-order valence-electron chi connectivity index (χ0n) is 12.7. The molecule has 3 aromatic rings. The third kappa shape index (κ3) is 3.49. The summed E-state index contributed by atoms with van der Waals surface area (Å²) in [5.41, 5.74) is 2.20. The van der Waals surface area contributed by atoms with Crippen LogP contribution in [0.5, 0.6) is 0 Å². The highest BCUT2D eigenvalue weighted by atomic mass is 32.2. The van der Waals surface area contributed by atoms with E-state index < -0.39 is 10.0 Å². The van der Waals surface area contributed by atoms with Gasteiger partial charge in [0.1, 0.15) is 0 Å². The molecule has 0 saturated heterocycles. The van der Waals surface area contributed by atoms with Gasteiger partial charge in [-0.3, -0.25) is 19.5 Å². The minimum Gasteiger partial charge on any atom is -0.326 e. The van der Waals surface area contributed by atoms with Gasteiger partial charge < -0.3 is 5.32 Å². The maximum Gasteiger partial charge on any atom is 0.261 e. The van der Waals surface area contributed by atoms with Crippen LogP contribution in [-0.4, -0.2) is 24.3 Å². The summed E-state index contributed by atoms with van der Waals surface area (Å²) in [4.78, 5) is 19.4. The molecular formula is C16H14N4O3S. The van der Waals surface area contributed by atoms with Gasteiger partial charge >= 0.3 is 0 Å². The number of rotatable bonds is 4. The molecule has 0 atom stereocenters. The highest BCUT2D eigenvalue weighted by Crippen LogP contribution is 2.20. The number of anilines is 2. The lowest BCUT2D eigenvalue weighted by atomic mass is 10.3. The second-order valence-electron chi connectivity index (χ2n) is 5.07. The zero-order valence-corrected chi connectivity index (χ0v) is 13.5. The Morgan fingerprint density at radius 2 is 1.54 bits per heavy atom. The van der Waals surface area contributed by atoms with Gasteiger partial charge in [-0.1, -0.05) is 0 Å². The van der Waals surface area contributed by atoms with E-state index in [2.05, 4.69) is 20.0 Å².